The fourth-order valence-corrected chi connectivity index (χ4v) is 3.16. The fourth-order valence-electron chi connectivity index (χ4n) is 3.16. The Kier molecular flexibility index (Phi) is 11.0. The monoisotopic (exact) mass is 474 g/mol. The number of nitrogens with zero attached hydrogens (tertiary/aromatic N) is 2. The normalized spacial score (nSPS) is 11.6. The third-order valence-electron chi connectivity index (χ3n) is 4.56. The Hall–Kier alpha value is -3.61. The third-order valence-corrected chi connectivity index (χ3v) is 4.56. The molecule has 0 saturated carbocycles. The van der Waals surface area contributed by atoms with Crippen LogP contribution >= 0.6 is 0 Å². The number of amides is 3. The standard InChI is InChI=1S/C24H34N4O6/c1-7-33-20(30)10-12-26-22(31)21(18-9-8-16(2)14-17(18)3)28(13-11-25)19(29)15-27-23(32)34-24(4,5)6/h8-9,14,21H,7,10,12-13,15H2,1-6H3,(H,26,31)(H,27,32). The molecule has 0 spiro atoms. The van der Waals surface area contributed by atoms with E-state index in [0.29, 0.717) is 5.56 Å². The van der Waals surface area contributed by atoms with Crippen molar-refractivity contribution in [3.05, 3.63) is 34.9 Å². The van der Waals surface area contributed by atoms with Crippen LogP contribution in [-0.2, 0) is 23.9 Å². The molecule has 1 unspecified atom stereocenters. The van der Waals surface area contributed by atoms with Crippen LogP contribution < -0.4 is 10.6 Å². The van der Waals surface area contributed by atoms with Gasteiger partial charge in [0.1, 0.15) is 24.7 Å². The first-order chi connectivity index (χ1) is 15.9. The van der Waals surface area contributed by atoms with Crippen LogP contribution in [0.1, 0.15) is 56.8 Å². The number of hydrogen-bond donors (Lipinski definition) is 2. The lowest BCUT2D eigenvalue weighted by atomic mass is 9.97. The first-order valence-corrected chi connectivity index (χ1v) is 11.0. The molecule has 1 atom stereocenters. The van der Waals surface area contributed by atoms with Crippen LogP contribution in [0.3, 0.4) is 0 Å². The predicted molar refractivity (Wildman–Crippen MR) is 124 cm³/mol. The molecule has 1 rings (SSSR count). The molecule has 1 aromatic carbocycles. The molecule has 10 nitrogen and oxygen atoms in total. The van der Waals surface area contributed by atoms with Crippen molar-refractivity contribution < 1.29 is 28.7 Å². The minimum Gasteiger partial charge on any atom is -0.466 e. The quantitative estimate of drug-likeness (QED) is 0.392. The molecule has 0 aliphatic carbocycles. The first kappa shape index (κ1) is 28.4. The highest BCUT2D eigenvalue weighted by Gasteiger charge is 2.32. The Morgan fingerprint density at radius 3 is 2.38 bits per heavy atom. The van der Waals surface area contributed by atoms with E-state index < -0.39 is 48.6 Å². The van der Waals surface area contributed by atoms with Crippen molar-refractivity contribution in [2.75, 3.05) is 26.2 Å². The highest BCUT2D eigenvalue weighted by atomic mass is 16.6. The van der Waals surface area contributed by atoms with Crippen LogP contribution in [0.2, 0.25) is 0 Å². The maximum atomic E-state index is 13.2. The summed E-state index contributed by atoms with van der Waals surface area (Å²) < 4.78 is 10.0. The molecule has 0 fully saturated rings. The van der Waals surface area contributed by atoms with Crippen molar-refractivity contribution in [1.29, 1.82) is 5.26 Å². The SMILES string of the molecule is CCOC(=O)CCNC(=O)C(c1ccc(C)cc1C)N(CC#N)C(=O)CNC(=O)OC(C)(C)C. The van der Waals surface area contributed by atoms with E-state index in [1.807, 2.05) is 19.1 Å². The number of nitriles is 1. The van der Waals surface area contributed by atoms with Crippen LogP contribution in [-0.4, -0.2) is 60.6 Å². The van der Waals surface area contributed by atoms with Gasteiger partial charge in [0.05, 0.1) is 19.1 Å². The van der Waals surface area contributed by atoms with Crippen LogP contribution in [0.15, 0.2) is 18.2 Å². The summed E-state index contributed by atoms with van der Waals surface area (Å²) in [5.41, 5.74) is 1.49. The second kappa shape index (κ2) is 13.2. The molecule has 0 aromatic heterocycles. The van der Waals surface area contributed by atoms with E-state index in [9.17, 15) is 24.4 Å². The molecule has 2 N–H and O–H groups in total. The molecular formula is C24H34N4O6. The summed E-state index contributed by atoms with van der Waals surface area (Å²) in [6, 6.07) is 6.15. The van der Waals surface area contributed by atoms with Crippen molar-refractivity contribution in [2.24, 2.45) is 0 Å². The van der Waals surface area contributed by atoms with E-state index in [-0.39, 0.29) is 19.6 Å². The lowest BCUT2D eigenvalue weighted by Crippen LogP contribution is -2.48. The molecule has 1 aromatic rings. The summed E-state index contributed by atoms with van der Waals surface area (Å²) in [4.78, 5) is 50.9. The summed E-state index contributed by atoms with van der Waals surface area (Å²) in [6.45, 7) is 9.82. The number of benzene rings is 1. The topological polar surface area (TPSA) is 138 Å². The predicted octanol–water partition coefficient (Wildman–Crippen LogP) is 2.29. The fraction of sp³-hybridized carbons (Fsp3) is 0.542. The van der Waals surface area contributed by atoms with E-state index in [4.69, 9.17) is 9.47 Å². The van der Waals surface area contributed by atoms with Gasteiger partial charge in [-0.25, -0.2) is 4.79 Å². The van der Waals surface area contributed by atoms with E-state index in [1.165, 1.54) is 0 Å². The maximum absolute atomic E-state index is 13.2. The Morgan fingerprint density at radius 1 is 1.15 bits per heavy atom. The molecule has 0 aliphatic heterocycles. The van der Waals surface area contributed by atoms with Crippen molar-refractivity contribution in [3.63, 3.8) is 0 Å². The average Bonchev–Trinajstić information content (AvgIpc) is 2.72. The van der Waals surface area contributed by atoms with E-state index >= 15 is 0 Å². The van der Waals surface area contributed by atoms with Gasteiger partial charge in [-0.1, -0.05) is 23.8 Å². The molecule has 0 radical (unpaired) electrons. The van der Waals surface area contributed by atoms with Crippen molar-refractivity contribution in [1.82, 2.24) is 15.5 Å². The number of hydrogen-bond acceptors (Lipinski definition) is 7. The van der Waals surface area contributed by atoms with Crippen LogP contribution in [0, 0.1) is 25.2 Å². The maximum Gasteiger partial charge on any atom is 0.408 e. The van der Waals surface area contributed by atoms with Crippen molar-refractivity contribution in [2.45, 2.75) is 59.6 Å². The molecule has 10 heteroatoms. The zero-order valence-corrected chi connectivity index (χ0v) is 20.7. The van der Waals surface area contributed by atoms with Gasteiger partial charge in [0.2, 0.25) is 11.8 Å². The Balaban J connectivity index is 3.15. The van der Waals surface area contributed by atoms with Gasteiger partial charge in [0, 0.05) is 6.54 Å². The Morgan fingerprint density at radius 2 is 1.82 bits per heavy atom. The number of ether oxygens (including phenoxy) is 2. The number of carbonyl (C=O) groups is 4. The molecule has 34 heavy (non-hydrogen) atoms. The number of aryl methyl sites for hydroxylation is 2. The van der Waals surface area contributed by atoms with Gasteiger partial charge in [0.15, 0.2) is 0 Å². The summed E-state index contributed by atoms with van der Waals surface area (Å²) in [5, 5.41) is 14.4. The molecule has 0 heterocycles. The van der Waals surface area contributed by atoms with Gasteiger partial charge < -0.3 is 25.0 Å². The van der Waals surface area contributed by atoms with E-state index in [1.54, 1.807) is 46.8 Å². The molecular weight excluding hydrogens is 440 g/mol. The number of nitrogens with one attached hydrogen (secondary N) is 2. The van der Waals surface area contributed by atoms with Crippen molar-refractivity contribution >= 4 is 23.9 Å². The number of carbonyl (C=O) groups excluding carboxylic acids is 4. The second-order valence-electron chi connectivity index (χ2n) is 8.64. The molecule has 0 saturated heterocycles. The summed E-state index contributed by atoms with van der Waals surface area (Å²) in [7, 11) is 0. The minimum atomic E-state index is -1.14. The number of rotatable bonds is 10. The van der Waals surface area contributed by atoms with Crippen molar-refractivity contribution in [3.8, 4) is 6.07 Å². The van der Waals surface area contributed by atoms with Gasteiger partial charge in [-0.05, 0) is 52.7 Å². The lowest BCUT2D eigenvalue weighted by Gasteiger charge is -2.30. The number of alkyl carbamates (subject to hydrolysis) is 1. The molecule has 3 amide bonds. The van der Waals surface area contributed by atoms with Gasteiger partial charge in [-0.3, -0.25) is 14.4 Å². The summed E-state index contributed by atoms with van der Waals surface area (Å²) in [6.07, 6.45) is -0.828. The number of esters is 1. The Bertz CT molecular complexity index is 932. The zero-order valence-electron chi connectivity index (χ0n) is 20.7. The molecule has 186 valence electrons. The largest absolute Gasteiger partial charge is 0.466 e. The summed E-state index contributed by atoms with van der Waals surface area (Å²) >= 11 is 0. The summed E-state index contributed by atoms with van der Waals surface area (Å²) in [5.74, 6) is -1.66. The Labute approximate surface area is 200 Å². The van der Waals surface area contributed by atoms with Crippen LogP contribution in [0.5, 0.6) is 0 Å². The molecule has 0 aliphatic rings. The molecule has 0 bridgehead atoms. The third kappa shape index (κ3) is 9.48. The van der Waals surface area contributed by atoms with E-state index in [0.717, 1.165) is 16.0 Å². The van der Waals surface area contributed by atoms with Gasteiger partial charge in [0.25, 0.3) is 0 Å². The smallest absolute Gasteiger partial charge is 0.408 e. The highest BCUT2D eigenvalue weighted by Crippen LogP contribution is 2.25. The van der Waals surface area contributed by atoms with Crippen LogP contribution in [0.25, 0.3) is 0 Å². The van der Waals surface area contributed by atoms with Gasteiger partial charge in [-0.15, -0.1) is 0 Å². The highest BCUT2D eigenvalue weighted by molar-refractivity contribution is 5.91. The second-order valence-corrected chi connectivity index (χ2v) is 8.64. The van der Waals surface area contributed by atoms with Gasteiger partial charge in [-0.2, -0.15) is 5.26 Å². The van der Waals surface area contributed by atoms with Crippen LogP contribution in [0.4, 0.5) is 4.79 Å². The minimum absolute atomic E-state index is 0.00379. The average molecular weight is 475 g/mol. The lowest BCUT2D eigenvalue weighted by molar-refractivity contribution is -0.143. The zero-order chi connectivity index (χ0) is 25.9. The van der Waals surface area contributed by atoms with Gasteiger partial charge >= 0.3 is 12.1 Å². The van der Waals surface area contributed by atoms with E-state index in [2.05, 4.69) is 10.6 Å². The first-order valence-electron chi connectivity index (χ1n) is 11.0.